The summed E-state index contributed by atoms with van der Waals surface area (Å²) >= 11 is 0. The zero-order valence-corrected chi connectivity index (χ0v) is 17.9. The van der Waals surface area contributed by atoms with E-state index in [0.29, 0.717) is 25.3 Å². The predicted molar refractivity (Wildman–Crippen MR) is 108 cm³/mol. The first kappa shape index (κ1) is 21.9. The Hall–Kier alpha value is -2.95. The molecule has 33 heavy (non-hydrogen) atoms. The van der Waals surface area contributed by atoms with Gasteiger partial charge in [0.15, 0.2) is 0 Å². The molecular formula is C22H23F3N4O4. The van der Waals surface area contributed by atoms with Gasteiger partial charge in [-0.15, -0.1) is 0 Å². The Morgan fingerprint density at radius 3 is 2.67 bits per heavy atom. The predicted octanol–water partition coefficient (Wildman–Crippen LogP) is 3.18. The van der Waals surface area contributed by atoms with Gasteiger partial charge in [-0.05, 0) is 31.4 Å². The number of halogens is 3. The van der Waals surface area contributed by atoms with Crippen LogP contribution in [0.25, 0.3) is 11.4 Å². The molecule has 1 aliphatic carbocycles. The third-order valence-corrected chi connectivity index (χ3v) is 6.70. The van der Waals surface area contributed by atoms with Crippen LogP contribution in [0.4, 0.5) is 13.2 Å². The van der Waals surface area contributed by atoms with Crippen molar-refractivity contribution in [2.45, 2.75) is 57.4 Å². The molecule has 2 aliphatic heterocycles. The highest BCUT2D eigenvalue weighted by Gasteiger charge is 2.45. The molecule has 1 saturated carbocycles. The molecule has 1 saturated heterocycles. The monoisotopic (exact) mass is 464 g/mol. The molecule has 8 nitrogen and oxygen atoms in total. The minimum absolute atomic E-state index is 0.0605. The summed E-state index contributed by atoms with van der Waals surface area (Å²) in [6, 6.07) is 4.48. The minimum atomic E-state index is -4.74. The highest BCUT2D eigenvalue weighted by atomic mass is 19.4. The van der Waals surface area contributed by atoms with Gasteiger partial charge in [0.05, 0.1) is 24.7 Å². The van der Waals surface area contributed by atoms with Crippen LogP contribution in [-0.2, 0) is 22.3 Å². The van der Waals surface area contributed by atoms with Crippen LogP contribution in [0.15, 0.2) is 22.7 Å². The van der Waals surface area contributed by atoms with Crippen LogP contribution < -0.4 is 5.32 Å². The van der Waals surface area contributed by atoms with Crippen molar-refractivity contribution in [3.63, 3.8) is 0 Å². The van der Waals surface area contributed by atoms with Gasteiger partial charge in [-0.2, -0.15) is 18.2 Å². The molecule has 0 spiro atoms. The Balaban J connectivity index is 1.35. The summed E-state index contributed by atoms with van der Waals surface area (Å²) < 4.78 is 47.9. The number of benzene rings is 1. The molecule has 3 aliphatic rings. The summed E-state index contributed by atoms with van der Waals surface area (Å²) in [5.74, 6) is -1.93. The second-order valence-corrected chi connectivity index (χ2v) is 9.21. The first-order valence-corrected chi connectivity index (χ1v) is 10.9. The maximum absolute atomic E-state index is 13.3. The van der Waals surface area contributed by atoms with Crippen LogP contribution in [0, 0.1) is 5.41 Å². The van der Waals surface area contributed by atoms with E-state index in [4.69, 9.17) is 4.74 Å². The SMILES string of the molecule is CC1(C(=O)N[C@H]2CCCC[C@@H]2N2Cc3ccc(-c4noc(C(F)(F)F)n4)cc3C2=O)COC1. The Morgan fingerprint density at radius 1 is 1.24 bits per heavy atom. The van der Waals surface area contributed by atoms with Crippen LogP contribution in [0.2, 0.25) is 0 Å². The highest BCUT2D eigenvalue weighted by molar-refractivity contribution is 5.99. The smallest absolute Gasteiger partial charge is 0.379 e. The van der Waals surface area contributed by atoms with Crippen molar-refractivity contribution in [2.24, 2.45) is 5.41 Å². The third-order valence-electron chi connectivity index (χ3n) is 6.70. The van der Waals surface area contributed by atoms with E-state index >= 15 is 0 Å². The lowest BCUT2D eigenvalue weighted by molar-refractivity contribution is -0.159. The van der Waals surface area contributed by atoms with E-state index in [9.17, 15) is 22.8 Å². The van der Waals surface area contributed by atoms with E-state index in [1.807, 2.05) is 6.92 Å². The lowest BCUT2D eigenvalue weighted by atomic mass is 9.84. The lowest BCUT2D eigenvalue weighted by Crippen LogP contribution is -2.59. The van der Waals surface area contributed by atoms with Crippen molar-refractivity contribution in [3.05, 3.63) is 35.2 Å². The van der Waals surface area contributed by atoms with E-state index in [1.165, 1.54) is 6.07 Å². The number of hydrogen-bond acceptors (Lipinski definition) is 6. The third kappa shape index (κ3) is 3.88. The molecular weight excluding hydrogens is 441 g/mol. The summed E-state index contributed by atoms with van der Waals surface area (Å²) in [6.45, 7) is 3.02. The molecule has 0 unspecified atom stereocenters. The average Bonchev–Trinajstić information content (AvgIpc) is 3.38. The zero-order chi connectivity index (χ0) is 23.4. The Kier molecular flexibility index (Phi) is 5.19. The standard InChI is InChI=1S/C22H23F3N4O4/c1-21(10-32-11-21)19(31)26-15-4-2-3-5-16(15)29-9-13-7-6-12(8-14(13)18(29)30)17-27-20(33-28-17)22(23,24)25/h6-8,15-16H,2-5,9-11H2,1H3,(H,26,31)/t15-,16-/m0/s1. The Bertz CT molecular complexity index is 1100. The molecule has 0 radical (unpaired) electrons. The molecule has 2 atom stereocenters. The Labute approximate surface area is 187 Å². The molecule has 3 heterocycles. The number of carbonyl (C=O) groups excluding carboxylic acids is 2. The van der Waals surface area contributed by atoms with Crippen molar-refractivity contribution >= 4 is 11.8 Å². The van der Waals surface area contributed by atoms with E-state index in [2.05, 4.69) is 20.0 Å². The molecule has 176 valence electrons. The molecule has 1 aromatic heterocycles. The van der Waals surface area contributed by atoms with Gasteiger partial charge in [0.2, 0.25) is 11.7 Å². The molecule has 5 rings (SSSR count). The van der Waals surface area contributed by atoms with E-state index in [1.54, 1.807) is 17.0 Å². The van der Waals surface area contributed by atoms with Crippen LogP contribution in [0.5, 0.6) is 0 Å². The quantitative estimate of drug-likeness (QED) is 0.747. The van der Waals surface area contributed by atoms with Crippen LogP contribution in [-0.4, -0.2) is 52.2 Å². The summed E-state index contributed by atoms with van der Waals surface area (Å²) in [4.78, 5) is 31.2. The fourth-order valence-electron chi connectivity index (χ4n) is 4.72. The summed E-state index contributed by atoms with van der Waals surface area (Å²) in [5.41, 5.74) is 0.920. The molecule has 0 bridgehead atoms. The van der Waals surface area contributed by atoms with Gasteiger partial charge in [0.25, 0.3) is 5.91 Å². The molecule has 2 amide bonds. The second-order valence-electron chi connectivity index (χ2n) is 9.21. The topological polar surface area (TPSA) is 97.6 Å². The van der Waals surface area contributed by atoms with Crippen LogP contribution in [0.3, 0.4) is 0 Å². The number of carbonyl (C=O) groups is 2. The first-order chi connectivity index (χ1) is 15.7. The van der Waals surface area contributed by atoms with E-state index < -0.39 is 17.5 Å². The van der Waals surface area contributed by atoms with Gasteiger partial charge in [-0.25, -0.2) is 0 Å². The zero-order valence-electron chi connectivity index (χ0n) is 17.9. The average molecular weight is 464 g/mol. The van der Waals surface area contributed by atoms with Crippen molar-refractivity contribution < 1.29 is 32.0 Å². The second kappa shape index (κ2) is 7.82. The number of rotatable bonds is 4. The van der Waals surface area contributed by atoms with Gasteiger partial charge < -0.3 is 19.5 Å². The van der Waals surface area contributed by atoms with Gasteiger partial charge in [0, 0.05) is 23.7 Å². The first-order valence-electron chi connectivity index (χ1n) is 10.9. The summed E-state index contributed by atoms with van der Waals surface area (Å²) in [7, 11) is 0. The number of aromatic nitrogens is 2. The number of ether oxygens (including phenoxy) is 1. The normalized spacial score (nSPS) is 24.4. The molecule has 2 fully saturated rings. The van der Waals surface area contributed by atoms with Crippen LogP contribution >= 0.6 is 0 Å². The van der Waals surface area contributed by atoms with Crippen molar-refractivity contribution in [3.8, 4) is 11.4 Å². The van der Waals surface area contributed by atoms with Crippen molar-refractivity contribution in [1.82, 2.24) is 20.4 Å². The molecule has 11 heteroatoms. The summed E-state index contributed by atoms with van der Waals surface area (Å²) in [6.07, 6.45) is -1.27. The Morgan fingerprint density at radius 2 is 2.00 bits per heavy atom. The highest BCUT2D eigenvalue weighted by Crippen LogP contribution is 2.35. The number of alkyl halides is 3. The fraction of sp³-hybridized carbons (Fsp3) is 0.545. The van der Waals surface area contributed by atoms with Crippen LogP contribution in [0.1, 0.15) is 54.4 Å². The molecule has 1 N–H and O–H groups in total. The van der Waals surface area contributed by atoms with Gasteiger partial charge >= 0.3 is 12.1 Å². The van der Waals surface area contributed by atoms with Gasteiger partial charge in [-0.1, -0.05) is 30.1 Å². The number of nitrogens with one attached hydrogen (secondary N) is 1. The molecule has 2 aromatic rings. The number of nitrogens with zero attached hydrogens (tertiary/aromatic N) is 3. The number of hydrogen-bond donors (Lipinski definition) is 1. The largest absolute Gasteiger partial charge is 0.471 e. The van der Waals surface area contributed by atoms with Crippen molar-refractivity contribution in [2.75, 3.05) is 13.2 Å². The van der Waals surface area contributed by atoms with E-state index in [0.717, 1.165) is 31.2 Å². The van der Waals surface area contributed by atoms with E-state index in [-0.39, 0.29) is 35.3 Å². The maximum atomic E-state index is 13.3. The number of fused-ring (bicyclic) bond motifs is 1. The lowest BCUT2D eigenvalue weighted by Gasteiger charge is -2.42. The van der Waals surface area contributed by atoms with Crippen molar-refractivity contribution in [1.29, 1.82) is 0 Å². The van der Waals surface area contributed by atoms with Gasteiger partial charge in [-0.3, -0.25) is 9.59 Å². The number of amides is 2. The molecule has 1 aromatic carbocycles. The summed E-state index contributed by atoms with van der Waals surface area (Å²) in [5, 5.41) is 6.54. The van der Waals surface area contributed by atoms with Gasteiger partial charge in [0.1, 0.15) is 0 Å². The minimum Gasteiger partial charge on any atom is -0.379 e. The fourth-order valence-corrected chi connectivity index (χ4v) is 4.72. The maximum Gasteiger partial charge on any atom is 0.471 e.